The van der Waals surface area contributed by atoms with Crippen LogP contribution in [0.2, 0.25) is 0 Å². The van der Waals surface area contributed by atoms with Gasteiger partial charge >= 0.3 is 0 Å². The topological polar surface area (TPSA) is 57.2 Å². The van der Waals surface area contributed by atoms with Crippen LogP contribution in [0.1, 0.15) is 16.7 Å². The van der Waals surface area contributed by atoms with Crippen molar-refractivity contribution in [2.24, 2.45) is 0 Å². The minimum absolute atomic E-state index is 0.143. The summed E-state index contributed by atoms with van der Waals surface area (Å²) in [5.41, 5.74) is 3.21. The summed E-state index contributed by atoms with van der Waals surface area (Å²) in [5.74, 6) is 0. The monoisotopic (exact) mass is 434 g/mol. The van der Waals surface area contributed by atoms with Crippen LogP contribution in [0.4, 0.5) is 0 Å². The molecule has 168 valence electrons. The van der Waals surface area contributed by atoms with Gasteiger partial charge in [-0.05, 0) is 16.7 Å². The molecule has 1 aliphatic heterocycles. The van der Waals surface area contributed by atoms with Crippen molar-refractivity contribution in [1.82, 2.24) is 0 Å². The van der Waals surface area contributed by atoms with E-state index in [9.17, 15) is 5.11 Å². The highest BCUT2D eigenvalue weighted by Crippen LogP contribution is 2.26. The number of rotatable bonds is 10. The zero-order chi connectivity index (χ0) is 22.0. The van der Waals surface area contributed by atoms with Gasteiger partial charge in [-0.25, -0.2) is 0 Å². The Balaban J connectivity index is 1.49. The van der Waals surface area contributed by atoms with Gasteiger partial charge in [0.15, 0.2) is 0 Å². The molecule has 5 nitrogen and oxygen atoms in total. The average Bonchev–Trinajstić information content (AvgIpc) is 2.87. The van der Waals surface area contributed by atoms with E-state index in [1.54, 1.807) is 0 Å². The predicted octanol–water partition coefficient (Wildman–Crippen LogP) is 4.13. The Labute approximate surface area is 189 Å². The summed E-state index contributed by atoms with van der Waals surface area (Å²) in [5, 5.41) is 9.95. The standard InChI is InChI=1S/C27H30O5/c28-16-24-26(31-18-22-12-6-2-7-13-22)27(32-19-23-14-8-3-9-15-23)25(20-30-24)29-17-21-10-4-1-5-11-21/h1-15,24-28H,16-20H2. The largest absolute Gasteiger partial charge is 0.394 e. The van der Waals surface area contributed by atoms with E-state index in [-0.39, 0.29) is 18.8 Å². The molecule has 0 amide bonds. The maximum Gasteiger partial charge on any atom is 0.115 e. The van der Waals surface area contributed by atoms with Crippen molar-refractivity contribution in [1.29, 1.82) is 0 Å². The summed E-state index contributed by atoms with van der Waals surface area (Å²) in [6, 6.07) is 30.0. The minimum atomic E-state index is -0.476. The first-order valence-corrected chi connectivity index (χ1v) is 11.0. The molecule has 1 fully saturated rings. The van der Waals surface area contributed by atoms with Gasteiger partial charge in [0.2, 0.25) is 0 Å². The van der Waals surface area contributed by atoms with E-state index >= 15 is 0 Å². The molecule has 4 atom stereocenters. The van der Waals surface area contributed by atoms with E-state index in [0.717, 1.165) is 16.7 Å². The Bertz CT molecular complexity index is 903. The quantitative estimate of drug-likeness (QED) is 0.520. The molecule has 1 saturated heterocycles. The van der Waals surface area contributed by atoms with Crippen LogP contribution >= 0.6 is 0 Å². The van der Waals surface area contributed by atoms with Crippen LogP contribution in [0, 0.1) is 0 Å². The lowest BCUT2D eigenvalue weighted by Gasteiger charge is -2.41. The normalized spacial score (nSPS) is 23.2. The number of hydrogen-bond donors (Lipinski definition) is 1. The zero-order valence-corrected chi connectivity index (χ0v) is 18.1. The Morgan fingerprint density at radius 3 is 1.53 bits per heavy atom. The molecule has 0 aliphatic carbocycles. The van der Waals surface area contributed by atoms with Gasteiger partial charge in [0.25, 0.3) is 0 Å². The Morgan fingerprint density at radius 2 is 1.06 bits per heavy atom. The first kappa shape index (κ1) is 22.6. The van der Waals surface area contributed by atoms with Gasteiger partial charge < -0.3 is 24.1 Å². The molecule has 32 heavy (non-hydrogen) atoms. The summed E-state index contributed by atoms with van der Waals surface area (Å²) in [6.45, 7) is 1.48. The molecule has 1 heterocycles. The number of aliphatic hydroxyl groups is 1. The highest BCUT2D eigenvalue weighted by atomic mass is 16.6. The highest BCUT2D eigenvalue weighted by Gasteiger charge is 2.42. The fourth-order valence-corrected chi connectivity index (χ4v) is 3.85. The molecule has 1 aliphatic rings. The van der Waals surface area contributed by atoms with E-state index < -0.39 is 12.2 Å². The summed E-state index contributed by atoms with van der Waals surface area (Å²) in [6.07, 6.45) is -1.63. The van der Waals surface area contributed by atoms with Crippen LogP contribution in [0.3, 0.4) is 0 Å². The number of benzene rings is 3. The number of ether oxygens (including phenoxy) is 4. The van der Waals surface area contributed by atoms with Crippen molar-refractivity contribution in [2.75, 3.05) is 13.2 Å². The molecular weight excluding hydrogens is 404 g/mol. The third-order valence-electron chi connectivity index (χ3n) is 5.59. The second-order valence-corrected chi connectivity index (χ2v) is 7.91. The maximum atomic E-state index is 9.95. The van der Waals surface area contributed by atoms with Crippen molar-refractivity contribution < 1.29 is 24.1 Å². The van der Waals surface area contributed by atoms with Crippen LogP contribution < -0.4 is 0 Å². The average molecular weight is 435 g/mol. The van der Waals surface area contributed by atoms with Crippen molar-refractivity contribution in [3.8, 4) is 0 Å². The molecule has 4 unspecified atom stereocenters. The summed E-state index contributed by atoms with van der Waals surface area (Å²) < 4.78 is 24.8. The van der Waals surface area contributed by atoms with E-state index in [0.29, 0.717) is 26.4 Å². The molecule has 3 aromatic carbocycles. The molecule has 4 rings (SSSR count). The molecule has 0 aromatic heterocycles. The summed E-state index contributed by atoms with van der Waals surface area (Å²) >= 11 is 0. The van der Waals surface area contributed by atoms with Crippen LogP contribution in [0.5, 0.6) is 0 Å². The van der Waals surface area contributed by atoms with Gasteiger partial charge in [0, 0.05) is 0 Å². The van der Waals surface area contributed by atoms with E-state index in [1.807, 2.05) is 91.0 Å². The lowest BCUT2D eigenvalue weighted by Crippen LogP contribution is -2.57. The number of hydrogen-bond acceptors (Lipinski definition) is 5. The van der Waals surface area contributed by atoms with Crippen molar-refractivity contribution in [3.63, 3.8) is 0 Å². The van der Waals surface area contributed by atoms with Crippen molar-refractivity contribution in [3.05, 3.63) is 108 Å². The summed E-state index contributed by atoms with van der Waals surface area (Å²) in [7, 11) is 0. The molecular formula is C27H30O5. The fourth-order valence-electron chi connectivity index (χ4n) is 3.85. The molecule has 1 N–H and O–H groups in total. The smallest absolute Gasteiger partial charge is 0.115 e. The Morgan fingerprint density at radius 1 is 0.625 bits per heavy atom. The molecule has 0 saturated carbocycles. The van der Waals surface area contributed by atoms with Gasteiger partial charge in [0.1, 0.15) is 24.4 Å². The van der Waals surface area contributed by atoms with E-state index in [1.165, 1.54) is 0 Å². The van der Waals surface area contributed by atoms with Gasteiger partial charge in [0.05, 0.1) is 33.0 Å². The van der Waals surface area contributed by atoms with Gasteiger partial charge in [-0.1, -0.05) is 91.0 Å². The van der Waals surface area contributed by atoms with Crippen LogP contribution in [0.15, 0.2) is 91.0 Å². The second kappa shape index (κ2) is 11.9. The second-order valence-electron chi connectivity index (χ2n) is 7.91. The van der Waals surface area contributed by atoms with Gasteiger partial charge in [-0.15, -0.1) is 0 Å². The molecule has 5 heteroatoms. The van der Waals surface area contributed by atoms with Crippen LogP contribution in [0.25, 0.3) is 0 Å². The summed E-state index contributed by atoms with van der Waals surface area (Å²) in [4.78, 5) is 0. The lowest BCUT2D eigenvalue weighted by molar-refractivity contribution is -0.243. The van der Waals surface area contributed by atoms with E-state index in [2.05, 4.69) is 0 Å². The number of aliphatic hydroxyl groups excluding tert-OH is 1. The lowest BCUT2D eigenvalue weighted by atomic mass is 9.99. The Hall–Kier alpha value is -2.54. The molecule has 0 radical (unpaired) electrons. The minimum Gasteiger partial charge on any atom is -0.394 e. The van der Waals surface area contributed by atoms with Crippen molar-refractivity contribution >= 4 is 0 Å². The van der Waals surface area contributed by atoms with Gasteiger partial charge in [-0.2, -0.15) is 0 Å². The van der Waals surface area contributed by atoms with Crippen LogP contribution in [-0.2, 0) is 38.8 Å². The third kappa shape index (κ3) is 6.25. The molecule has 0 spiro atoms. The van der Waals surface area contributed by atoms with Crippen LogP contribution in [-0.4, -0.2) is 42.7 Å². The Kier molecular flexibility index (Phi) is 8.42. The first-order chi connectivity index (χ1) is 15.8. The van der Waals surface area contributed by atoms with Crippen molar-refractivity contribution in [2.45, 2.75) is 44.2 Å². The maximum absolute atomic E-state index is 9.95. The van der Waals surface area contributed by atoms with Gasteiger partial charge in [-0.3, -0.25) is 0 Å². The van der Waals surface area contributed by atoms with E-state index in [4.69, 9.17) is 18.9 Å². The SMILES string of the molecule is OCC1OCC(OCc2ccccc2)C(OCc2ccccc2)C1OCc1ccccc1. The fraction of sp³-hybridized carbons (Fsp3) is 0.333. The first-order valence-electron chi connectivity index (χ1n) is 11.0. The predicted molar refractivity (Wildman–Crippen MR) is 122 cm³/mol. The highest BCUT2D eigenvalue weighted by molar-refractivity contribution is 5.15. The molecule has 3 aromatic rings. The molecule has 0 bridgehead atoms. The zero-order valence-electron chi connectivity index (χ0n) is 18.1. The third-order valence-corrected chi connectivity index (χ3v) is 5.59.